The van der Waals surface area contributed by atoms with Gasteiger partial charge in [0.25, 0.3) is 5.56 Å². The van der Waals surface area contributed by atoms with E-state index >= 15 is 0 Å². The molecule has 0 spiro atoms. The molecule has 0 unspecified atom stereocenters. The van der Waals surface area contributed by atoms with Crippen LogP contribution in [0.4, 0.5) is 4.39 Å². The van der Waals surface area contributed by atoms with Gasteiger partial charge in [-0.05, 0) is 37.1 Å². The lowest BCUT2D eigenvalue weighted by atomic mass is 10.1. The van der Waals surface area contributed by atoms with Crippen molar-refractivity contribution in [3.63, 3.8) is 0 Å². The SMILES string of the molecule is Cn1c([C@H]2CCCN2)nc(-c2ncc(Cc3ccc(F)cc3)o2)c(O)c1=O. The summed E-state index contributed by atoms with van der Waals surface area (Å²) in [5.74, 6) is 0.359. The summed E-state index contributed by atoms with van der Waals surface area (Å²) in [4.78, 5) is 21.0. The number of nitrogens with one attached hydrogen (secondary N) is 1. The fraction of sp³-hybridized carbons (Fsp3) is 0.316. The van der Waals surface area contributed by atoms with E-state index in [1.807, 2.05) is 0 Å². The van der Waals surface area contributed by atoms with Gasteiger partial charge in [0.05, 0.1) is 12.2 Å². The van der Waals surface area contributed by atoms with Gasteiger partial charge in [-0.1, -0.05) is 12.1 Å². The molecule has 1 atom stereocenters. The zero-order valence-electron chi connectivity index (χ0n) is 14.8. The molecule has 0 radical (unpaired) electrons. The van der Waals surface area contributed by atoms with E-state index in [1.54, 1.807) is 19.2 Å². The van der Waals surface area contributed by atoms with Gasteiger partial charge in [-0.25, -0.2) is 14.4 Å². The van der Waals surface area contributed by atoms with Crippen molar-refractivity contribution in [1.82, 2.24) is 19.9 Å². The number of aromatic hydroxyl groups is 1. The molecule has 4 rings (SSSR count). The van der Waals surface area contributed by atoms with Gasteiger partial charge in [-0.2, -0.15) is 0 Å². The number of oxazole rings is 1. The second-order valence-corrected chi connectivity index (χ2v) is 6.62. The zero-order valence-corrected chi connectivity index (χ0v) is 14.8. The van der Waals surface area contributed by atoms with Crippen LogP contribution >= 0.6 is 0 Å². The number of hydrogen-bond acceptors (Lipinski definition) is 6. The molecule has 2 aromatic heterocycles. The van der Waals surface area contributed by atoms with Crippen molar-refractivity contribution >= 4 is 0 Å². The van der Waals surface area contributed by atoms with Gasteiger partial charge in [0.1, 0.15) is 17.4 Å². The number of benzene rings is 1. The molecule has 1 aliphatic heterocycles. The van der Waals surface area contributed by atoms with E-state index < -0.39 is 11.3 Å². The molecule has 2 N–H and O–H groups in total. The van der Waals surface area contributed by atoms with Gasteiger partial charge in [0, 0.05) is 13.5 Å². The molecule has 1 aliphatic rings. The van der Waals surface area contributed by atoms with E-state index in [9.17, 15) is 14.3 Å². The van der Waals surface area contributed by atoms with E-state index in [2.05, 4.69) is 15.3 Å². The van der Waals surface area contributed by atoms with Crippen LogP contribution in [-0.4, -0.2) is 26.2 Å². The van der Waals surface area contributed by atoms with Crippen LogP contribution in [0.1, 0.15) is 36.0 Å². The molecule has 0 saturated carbocycles. The van der Waals surface area contributed by atoms with Crippen LogP contribution in [0.25, 0.3) is 11.6 Å². The van der Waals surface area contributed by atoms with Crippen molar-refractivity contribution in [2.75, 3.05) is 6.54 Å². The molecule has 7 nitrogen and oxygen atoms in total. The largest absolute Gasteiger partial charge is 0.501 e. The minimum atomic E-state index is -0.540. The van der Waals surface area contributed by atoms with Crippen molar-refractivity contribution < 1.29 is 13.9 Å². The molecule has 0 amide bonds. The number of halogens is 1. The lowest BCUT2D eigenvalue weighted by Crippen LogP contribution is -2.27. The van der Waals surface area contributed by atoms with E-state index in [4.69, 9.17) is 4.42 Å². The van der Waals surface area contributed by atoms with Crippen LogP contribution in [0.3, 0.4) is 0 Å². The topological polar surface area (TPSA) is 93.2 Å². The first-order valence-electron chi connectivity index (χ1n) is 8.75. The Kier molecular flexibility index (Phi) is 4.49. The van der Waals surface area contributed by atoms with Crippen molar-refractivity contribution in [1.29, 1.82) is 0 Å². The highest BCUT2D eigenvalue weighted by Gasteiger charge is 2.25. The molecule has 1 fully saturated rings. The quantitative estimate of drug-likeness (QED) is 0.732. The molecule has 3 aromatic rings. The summed E-state index contributed by atoms with van der Waals surface area (Å²) in [6.45, 7) is 0.859. The first kappa shape index (κ1) is 17.4. The van der Waals surface area contributed by atoms with E-state index in [0.717, 1.165) is 24.9 Å². The maximum atomic E-state index is 13.0. The van der Waals surface area contributed by atoms with Crippen molar-refractivity contribution in [2.24, 2.45) is 7.05 Å². The van der Waals surface area contributed by atoms with Crippen molar-refractivity contribution in [3.05, 3.63) is 63.8 Å². The third-order valence-electron chi connectivity index (χ3n) is 4.72. The Balaban J connectivity index is 1.68. The summed E-state index contributed by atoms with van der Waals surface area (Å²) in [6.07, 6.45) is 3.80. The fourth-order valence-electron chi connectivity index (χ4n) is 3.27. The number of rotatable bonds is 4. The standard InChI is InChI=1S/C19H19FN4O3/c1-24-17(14-3-2-8-21-14)23-15(16(25)19(24)26)18-22-10-13(27-18)9-11-4-6-12(20)7-5-11/h4-7,10,14,21,25H,2-3,8-9H2,1H3/t14-/m1/s1. The predicted octanol–water partition coefficient (Wildman–Crippen LogP) is 2.30. The average molecular weight is 370 g/mol. The average Bonchev–Trinajstić information content (AvgIpc) is 3.34. The number of nitrogens with zero attached hydrogens (tertiary/aromatic N) is 3. The Morgan fingerprint density at radius 1 is 1.37 bits per heavy atom. The molecule has 8 heteroatoms. The summed E-state index contributed by atoms with van der Waals surface area (Å²) in [5.41, 5.74) is 0.352. The number of hydrogen-bond donors (Lipinski definition) is 2. The van der Waals surface area contributed by atoms with Gasteiger partial charge in [-0.15, -0.1) is 0 Å². The van der Waals surface area contributed by atoms with Crippen LogP contribution in [0, 0.1) is 5.82 Å². The molecule has 140 valence electrons. The van der Waals surface area contributed by atoms with Gasteiger partial charge < -0.3 is 14.8 Å². The first-order valence-corrected chi connectivity index (χ1v) is 8.75. The highest BCUT2D eigenvalue weighted by Crippen LogP contribution is 2.28. The van der Waals surface area contributed by atoms with Crippen LogP contribution in [0.2, 0.25) is 0 Å². The van der Waals surface area contributed by atoms with Crippen LogP contribution in [-0.2, 0) is 13.5 Å². The molecular weight excluding hydrogens is 351 g/mol. The second-order valence-electron chi connectivity index (χ2n) is 6.62. The third kappa shape index (κ3) is 3.35. The Bertz CT molecular complexity index is 1020. The first-order chi connectivity index (χ1) is 13.0. The maximum absolute atomic E-state index is 13.0. The van der Waals surface area contributed by atoms with Gasteiger partial charge in [0.15, 0.2) is 5.69 Å². The monoisotopic (exact) mass is 370 g/mol. The van der Waals surface area contributed by atoms with Gasteiger partial charge in [-0.3, -0.25) is 9.36 Å². The molecule has 1 aromatic carbocycles. The Labute approximate surface area is 154 Å². The molecule has 27 heavy (non-hydrogen) atoms. The summed E-state index contributed by atoms with van der Waals surface area (Å²) in [7, 11) is 1.59. The molecular formula is C19H19FN4O3. The summed E-state index contributed by atoms with van der Waals surface area (Å²) in [6, 6.07) is 6.03. The third-order valence-corrected chi connectivity index (χ3v) is 4.72. The summed E-state index contributed by atoms with van der Waals surface area (Å²) >= 11 is 0. The van der Waals surface area contributed by atoms with Crippen LogP contribution < -0.4 is 10.9 Å². The summed E-state index contributed by atoms with van der Waals surface area (Å²) < 4.78 is 20.1. The smallest absolute Gasteiger partial charge is 0.296 e. The van der Waals surface area contributed by atoms with Gasteiger partial charge in [0.2, 0.25) is 11.6 Å². The lowest BCUT2D eigenvalue weighted by molar-refractivity contribution is 0.443. The van der Waals surface area contributed by atoms with E-state index in [1.165, 1.54) is 22.9 Å². The van der Waals surface area contributed by atoms with E-state index in [0.29, 0.717) is 18.0 Å². The van der Waals surface area contributed by atoms with E-state index in [-0.39, 0.29) is 23.4 Å². The molecule has 0 bridgehead atoms. The Morgan fingerprint density at radius 2 is 2.15 bits per heavy atom. The van der Waals surface area contributed by atoms with Crippen LogP contribution in [0.5, 0.6) is 5.75 Å². The highest BCUT2D eigenvalue weighted by atomic mass is 19.1. The number of aromatic nitrogens is 3. The zero-order chi connectivity index (χ0) is 19.0. The fourth-order valence-corrected chi connectivity index (χ4v) is 3.27. The normalized spacial score (nSPS) is 16.7. The Morgan fingerprint density at radius 3 is 2.85 bits per heavy atom. The van der Waals surface area contributed by atoms with Crippen molar-refractivity contribution in [3.8, 4) is 17.3 Å². The highest BCUT2D eigenvalue weighted by molar-refractivity contribution is 5.56. The predicted molar refractivity (Wildman–Crippen MR) is 95.8 cm³/mol. The van der Waals surface area contributed by atoms with Crippen LogP contribution in [0.15, 0.2) is 39.7 Å². The molecule has 1 saturated heterocycles. The maximum Gasteiger partial charge on any atom is 0.296 e. The van der Waals surface area contributed by atoms with Crippen molar-refractivity contribution in [2.45, 2.75) is 25.3 Å². The molecule has 0 aliphatic carbocycles. The molecule has 3 heterocycles. The minimum absolute atomic E-state index is 0.0344. The minimum Gasteiger partial charge on any atom is -0.501 e. The summed E-state index contributed by atoms with van der Waals surface area (Å²) in [5, 5.41) is 13.6. The lowest BCUT2D eigenvalue weighted by Gasteiger charge is -2.15. The Hall–Kier alpha value is -3.00. The van der Waals surface area contributed by atoms with Gasteiger partial charge >= 0.3 is 0 Å². The second kappa shape index (κ2) is 6.96.